The van der Waals surface area contributed by atoms with Gasteiger partial charge < -0.3 is 29.2 Å². The van der Waals surface area contributed by atoms with Gasteiger partial charge in [0.05, 0.1) is 28.4 Å². The monoisotopic (exact) mass is 1200 g/mol. The summed E-state index contributed by atoms with van der Waals surface area (Å²) in [6.07, 6.45) is 16.0. The molecule has 3 N–H and O–H groups in total. The Morgan fingerprint density at radius 3 is 1.29 bits per heavy atom. The smallest absolute Gasteiger partial charge is 0.140 e. The van der Waals surface area contributed by atoms with E-state index in [0.29, 0.717) is 6.54 Å². The van der Waals surface area contributed by atoms with Gasteiger partial charge >= 0.3 is 0 Å². The Kier molecular flexibility index (Phi) is 23.5. The van der Waals surface area contributed by atoms with Crippen LogP contribution < -0.4 is 0 Å². The molecule has 4 aromatic carbocycles. The van der Waals surface area contributed by atoms with Crippen molar-refractivity contribution >= 4 is 44.7 Å². The minimum atomic E-state index is -0.980. The average Bonchev–Trinajstić information content (AvgIpc) is 4.25. The van der Waals surface area contributed by atoms with Crippen LogP contribution in [0.3, 0.4) is 0 Å². The molecule has 0 aliphatic heterocycles. The van der Waals surface area contributed by atoms with E-state index in [1.54, 1.807) is 47.2 Å². The van der Waals surface area contributed by atoms with Crippen molar-refractivity contribution in [3.8, 4) is 24.2 Å². The molecule has 0 amide bonds. The van der Waals surface area contributed by atoms with Crippen molar-refractivity contribution < 1.29 is 20.1 Å². The Bertz CT molecular complexity index is 3640. The second kappa shape index (κ2) is 30.3. The minimum absolute atomic E-state index is 0.352. The van der Waals surface area contributed by atoms with Crippen LogP contribution in [0.2, 0.25) is 0 Å². The van der Waals surface area contributed by atoms with Crippen LogP contribution in [0, 0.1) is 27.8 Å². The van der Waals surface area contributed by atoms with E-state index in [9.17, 15) is 10.2 Å². The van der Waals surface area contributed by atoms with Crippen LogP contribution in [0.15, 0.2) is 207 Å². The molecule has 0 spiro atoms. The van der Waals surface area contributed by atoms with E-state index in [1.165, 1.54) is 31.5 Å². The number of pyridine rings is 4. The Balaban J connectivity index is 0.000000171. The fraction of sp³-hybridized carbons (Fsp3) is 0.268. The predicted octanol–water partition coefficient (Wildman–Crippen LogP) is 14.1. The lowest BCUT2D eigenvalue weighted by Crippen LogP contribution is -2.24. The summed E-state index contributed by atoms with van der Waals surface area (Å²) < 4.78 is 11.3. The molecule has 422 valence electrons. The van der Waals surface area contributed by atoms with Crippen LogP contribution in [-0.2, 0) is 54.7 Å². The van der Waals surface area contributed by atoms with Gasteiger partial charge in [0.15, 0.2) is 0 Å². The average molecular weight is 1210 g/mol. The summed E-state index contributed by atoms with van der Waals surface area (Å²) in [5.41, 5.74) is 8.97. The first-order valence-electron chi connectivity index (χ1n) is 27.5. The zero-order valence-corrected chi connectivity index (χ0v) is 50.9. The van der Waals surface area contributed by atoms with Gasteiger partial charge in [-0.05, 0) is 187 Å². The highest BCUT2D eigenvalue weighted by molar-refractivity contribution is 14.1. The molecule has 0 radical (unpaired) electrons. The van der Waals surface area contributed by atoms with Crippen molar-refractivity contribution in [1.82, 2.24) is 29.1 Å². The lowest BCUT2D eigenvalue weighted by Gasteiger charge is -2.25. The van der Waals surface area contributed by atoms with E-state index in [0.717, 1.165) is 76.9 Å². The van der Waals surface area contributed by atoms with Crippen LogP contribution >= 0.6 is 22.6 Å². The van der Waals surface area contributed by atoms with E-state index in [-0.39, 0.29) is 5.60 Å². The molecule has 0 fully saturated rings. The molecular formula is C71H77IN6O4. The summed E-state index contributed by atoms with van der Waals surface area (Å²) in [6.45, 7) is 15.8. The lowest BCUT2D eigenvalue weighted by atomic mass is 10.0. The number of terminal acetylenes is 1. The van der Waals surface area contributed by atoms with Crippen molar-refractivity contribution in [2.45, 2.75) is 117 Å². The molecule has 0 atom stereocenters. The second-order valence-electron chi connectivity index (χ2n) is 21.7. The fourth-order valence-electron chi connectivity index (χ4n) is 8.52. The molecule has 0 aliphatic carbocycles. The molecular weight excluding hydrogens is 1130 g/mol. The molecule has 6 heterocycles. The molecule has 0 bridgehead atoms. The number of aryl methyl sites for hydroxylation is 4. The number of halogens is 1. The molecule has 10 rings (SSSR count). The summed E-state index contributed by atoms with van der Waals surface area (Å²) >= 11 is 2.34. The summed E-state index contributed by atoms with van der Waals surface area (Å²) in [5, 5.41) is 30.9. The molecule has 6 aromatic heterocycles. The van der Waals surface area contributed by atoms with Gasteiger partial charge in [0.1, 0.15) is 28.1 Å². The number of hydrogen-bond acceptors (Lipinski definition) is 8. The number of aliphatic hydroxyl groups is 3. The van der Waals surface area contributed by atoms with Gasteiger partial charge in [0.25, 0.3) is 0 Å². The zero-order chi connectivity index (χ0) is 59.2. The molecule has 82 heavy (non-hydrogen) atoms. The van der Waals surface area contributed by atoms with Crippen molar-refractivity contribution in [2.75, 3.05) is 7.11 Å². The fourth-order valence-corrected chi connectivity index (χ4v) is 9.14. The molecule has 10 nitrogen and oxygen atoms in total. The summed E-state index contributed by atoms with van der Waals surface area (Å²) in [6, 6.07) is 61.7. The van der Waals surface area contributed by atoms with E-state index < -0.39 is 16.8 Å². The summed E-state index contributed by atoms with van der Waals surface area (Å²) in [7, 11) is 1.75. The number of nitrogens with zero attached hydrogens (tertiary/aromatic N) is 6. The topological polar surface area (TPSA) is 131 Å². The lowest BCUT2D eigenvalue weighted by molar-refractivity contribution is 0.0130. The number of aromatic nitrogens is 6. The standard InChI is InChI=1S/C18H20N2O.C18H19NO.C17H18N2O.C13H12IN.C5H8O/c1-18(2,21-3)16-12-15-10-7-11-19-17(15)20(16)13-14-8-5-4-6-9-14;1-18(2,20)13-12-16-9-6-14-19-17(16)11-10-15-7-4-3-5-8-15;1-17(2,20)15-11-14-9-6-10-18-16(14)19(15)12-13-7-4-3-5-8-13;14-12-7-4-10-15-13(12)9-8-11-5-2-1-3-6-11;1-4-5(2,3)6/h4-12H,13H2,1-3H3;3-9,14,20H,10-11H2,1-2H3;3-11,20H,12H2,1-2H3;1-7,10H,8-9H2;1,6H,2-3H3. The van der Waals surface area contributed by atoms with Crippen LogP contribution in [0.25, 0.3) is 22.1 Å². The third-order valence-electron chi connectivity index (χ3n) is 13.0. The Labute approximate surface area is 499 Å². The minimum Gasteiger partial charge on any atom is -0.384 e. The highest BCUT2D eigenvalue weighted by Gasteiger charge is 2.26. The highest BCUT2D eigenvalue weighted by atomic mass is 127. The first-order chi connectivity index (χ1) is 39.1. The largest absolute Gasteiger partial charge is 0.384 e. The van der Waals surface area contributed by atoms with Crippen molar-refractivity contribution in [1.29, 1.82) is 0 Å². The number of benzene rings is 4. The second-order valence-corrected chi connectivity index (χ2v) is 22.9. The van der Waals surface area contributed by atoms with Crippen LogP contribution in [0.1, 0.15) is 106 Å². The van der Waals surface area contributed by atoms with E-state index in [1.807, 2.05) is 117 Å². The van der Waals surface area contributed by atoms with Crippen LogP contribution in [0.5, 0.6) is 0 Å². The van der Waals surface area contributed by atoms with Gasteiger partial charge in [-0.25, -0.2) is 9.97 Å². The van der Waals surface area contributed by atoms with Crippen LogP contribution in [-0.4, -0.2) is 62.7 Å². The Morgan fingerprint density at radius 2 is 0.866 bits per heavy atom. The third-order valence-corrected chi connectivity index (χ3v) is 14.0. The first-order valence-corrected chi connectivity index (χ1v) is 28.5. The normalized spacial score (nSPS) is 11.2. The number of hydrogen-bond donors (Lipinski definition) is 3. The molecule has 0 unspecified atom stereocenters. The van der Waals surface area contributed by atoms with Gasteiger partial charge in [-0.1, -0.05) is 139 Å². The van der Waals surface area contributed by atoms with Gasteiger partial charge in [0.2, 0.25) is 0 Å². The highest BCUT2D eigenvalue weighted by Crippen LogP contribution is 2.31. The molecule has 0 aliphatic rings. The number of ether oxygens (including phenoxy) is 1. The molecule has 0 saturated heterocycles. The maximum absolute atomic E-state index is 10.4. The van der Waals surface area contributed by atoms with E-state index in [2.05, 4.69) is 174 Å². The molecule has 11 heteroatoms. The van der Waals surface area contributed by atoms with Gasteiger partial charge in [-0.2, -0.15) is 0 Å². The van der Waals surface area contributed by atoms with E-state index >= 15 is 0 Å². The summed E-state index contributed by atoms with van der Waals surface area (Å²) in [4.78, 5) is 17.8. The Hall–Kier alpha value is -7.75. The van der Waals surface area contributed by atoms with Gasteiger partial charge in [-0.3, -0.25) is 9.97 Å². The maximum atomic E-state index is 10.4. The van der Waals surface area contributed by atoms with Gasteiger partial charge in [0, 0.05) is 64.9 Å². The maximum Gasteiger partial charge on any atom is 0.140 e. The van der Waals surface area contributed by atoms with E-state index in [4.69, 9.17) is 16.3 Å². The Morgan fingerprint density at radius 1 is 0.476 bits per heavy atom. The van der Waals surface area contributed by atoms with Gasteiger partial charge in [-0.15, -0.1) is 6.42 Å². The summed E-state index contributed by atoms with van der Waals surface area (Å²) in [5.74, 6) is 8.03. The SMILES string of the molecule is C#CC(C)(C)O.CC(C)(O)C#Cc1cccnc1CCc1ccccc1.CC(C)(O)c1cc2cccnc2n1Cc1ccccc1.COC(C)(C)c1cc2cccnc2n1Cc1ccccc1.Ic1cccnc1CCc1ccccc1. The molecule has 0 saturated carbocycles. The van der Waals surface area contributed by atoms with Crippen molar-refractivity contribution in [3.05, 3.63) is 261 Å². The number of fused-ring (bicyclic) bond motifs is 2. The third kappa shape index (κ3) is 20.4. The quantitative estimate of drug-likeness (QED) is 0.0768. The van der Waals surface area contributed by atoms with Crippen molar-refractivity contribution in [2.24, 2.45) is 0 Å². The predicted molar refractivity (Wildman–Crippen MR) is 343 cm³/mol. The van der Waals surface area contributed by atoms with Crippen LogP contribution in [0.4, 0.5) is 0 Å². The number of methoxy groups -OCH3 is 1. The van der Waals surface area contributed by atoms with Crippen molar-refractivity contribution in [3.63, 3.8) is 0 Å². The number of rotatable bonds is 13. The zero-order valence-electron chi connectivity index (χ0n) is 48.8. The first kappa shape index (κ1) is 63.4. The molecule has 10 aromatic rings.